The van der Waals surface area contributed by atoms with E-state index in [2.05, 4.69) is 5.32 Å². The normalized spacial score (nSPS) is 22.4. The Morgan fingerprint density at radius 2 is 1.72 bits per heavy atom. The summed E-state index contributed by atoms with van der Waals surface area (Å²) in [5.74, 6) is -0.144. The van der Waals surface area contributed by atoms with E-state index in [1.807, 2.05) is 72.5 Å². The summed E-state index contributed by atoms with van der Waals surface area (Å²) in [5, 5.41) is 3.02. The molecule has 1 aliphatic carbocycles. The van der Waals surface area contributed by atoms with Gasteiger partial charge in [0.05, 0.1) is 20.8 Å². The molecule has 3 aliphatic rings. The van der Waals surface area contributed by atoms with Crippen molar-refractivity contribution in [1.82, 2.24) is 9.80 Å². The number of para-hydroxylation sites is 1. The number of urea groups is 1. The second-order valence-electron chi connectivity index (χ2n) is 11.9. The van der Waals surface area contributed by atoms with Gasteiger partial charge >= 0.3 is 18.1 Å². The summed E-state index contributed by atoms with van der Waals surface area (Å²) in [7, 11) is 4.40. The number of carbonyl (C=O) groups excluding carboxylic acids is 3. The van der Waals surface area contributed by atoms with E-state index >= 15 is 0 Å². The summed E-state index contributed by atoms with van der Waals surface area (Å²) >= 11 is 0. The van der Waals surface area contributed by atoms with E-state index in [0.29, 0.717) is 50.4 Å². The zero-order chi connectivity index (χ0) is 32.7. The van der Waals surface area contributed by atoms with Crippen LogP contribution in [0.5, 0.6) is 0 Å². The number of allylic oxidation sites excluding steroid dienone is 1. The van der Waals surface area contributed by atoms with E-state index < -0.39 is 29.9 Å². The first kappa shape index (κ1) is 33.0. The maximum atomic E-state index is 13.3. The van der Waals surface area contributed by atoms with Gasteiger partial charge in [-0.05, 0) is 61.1 Å². The number of benzene rings is 2. The molecule has 1 N–H and O–H groups in total. The predicted octanol–water partition coefficient (Wildman–Crippen LogP) is 5.07. The van der Waals surface area contributed by atoms with Crippen molar-refractivity contribution in [2.75, 3.05) is 46.3 Å². The minimum Gasteiger partial charge on any atom is -0.498 e. The Bertz CT molecular complexity index is 1450. The molecule has 46 heavy (non-hydrogen) atoms. The van der Waals surface area contributed by atoms with Crippen molar-refractivity contribution in [1.29, 1.82) is 0 Å². The molecule has 1 fully saturated rings. The van der Waals surface area contributed by atoms with Crippen molar-refractivity contribution >= 4 is 23.8 Å². The van der Waals surface area contributed by atoms with E-state index in [1.54, 1.807) is 25.2 Å². The molecule has 3 amide bonds. The smallest absolute Gasteiger partial charge is 0.410 e. The average molecular weight is 634 g/mol. The summed E-state index contributed by atoms with van der Waals surface area (Å²) in [6.45, 7) is 3.62. The number of rotatable bonds is 10. The molecule has 1 saturated heterocycles. The van der Waals surface area contributed by atoms with Crippen molar-refractivity contribution in [3.63, 3.8) is 0 Å². The Kier molecular flexibility index (Phi) is 10.6. The van der Waals surface area contributed by atoms with Gasteiger partial charge in [0.1, 0.15) is 17.5 Å². The van der Waals surface area contributed by atoms with E-state index in [-0.39, 0.29) is 18.5 Å². The fourth-order valence-electron chi connectivity index (χ4n) is 6.29. The second kappa shape index (κ2) is 14.8. The van der Waals surface area contributed by atoms with Crippen molar-refractivity contribution < 1.29 is 38.1 Å². The lowest BCUT2D eigenvalue weighted by molar-refractivity contribution is -0.151. The molecule has 2 unspecified atom stereocenters. The molecule has 2 aromatic rings. The number of nitrogens with one attached hydrogen (secondary N) is 1. The molecule has 11 nitrogen and oxygen atoms in total. The SMILES string of the molecule is COC(=O)[C@@H](CC1=CC(C)(OC)C(OCc2ccccc2)C(OC)=C1)OC(=O)N1CCC(N2CCc3ccccc3NC2=O)CC1. The van der Waals surface area contributed by atoms with Crippen LogP contribution in [0.1, 0.15) is 37.3 Å². The molecule has 0 bridgehead atoms. The molecule has 2 heterocycles. The zero-order valence-electron chi connectivity index (χ0n) is 26.9. The number of fused-ring (bicyclic) bond motifs is 1. The Labute approximate surface area is 270 Å². The summed E-state index contributed by atoms with van der Waals surface area (Å²) < 4.78 is 28.6. The number of carbonyl (C=O) groups is 3. The van der Waals surface area contributed by atoms with Gasteiger partial charge in [0.15, 0.2) is 0 Å². The van der Waals surface area contributed by atoms with Gasteiger partial charge in [-0.25, -0.2) is 14.4 Å². The van der Waals surface area contributed by atoms with Gasteiger partial charge in [0, 0.05) is 44.9 Å². The third-order valence-corrected chi connectivity index (χ3v) is 8.95. The fourth-order valence-corrected chi connectivity index (χ4v) is 6.29. The van der Waals surface area contributed by atoms with Gasteiger partial charge in [0.25, 0.3) is 0 Å². The van der Waals surface area contributed by atoms with Gasteiger partial charge in [0.2, 0.25) is 6.10 Å². The number of hydrogen-bond donors (Lipinski definition) is 1. The van der Waals surface area contributed by atoms with Crippen molar-refractivity contribution in [2.45, 2.75) is 63.1 Å². The summed E-state index contributed by atoms with van der Waals surface area (Å²) in [5.41, 5.74) is 2.71. The number of ether oxygens (including phenoxy) is 5. The van der Waals surface area contributed by atoms with Gasteiger partial charge in [-0.2, -0.15) is 0 Å². The third kappa shape index (κ3) is 7.54. The van der Waals surface area contributed by atoms with E-state index in [1.165, 1.54) is 7.11 Å². The van der Waals surface area contributed by atoms with Crippen LogP contribution in [0.2, 0.25) is 0 Å². The van der Waals surface area contributed by atoms with E-state index in [4.69, 9.17) is 23.7 Å². The van der Waals surface area contributed by atoms with Crippen LogP contribution in [-0.2, 0) is 41.5 Å². The first-order valence-electron chi connectivity index (χ1n) is 15.6. The first-order chi connectivity index (χ1) is 22.2. The standard InChI is InChI=1S/C35H43N3O8/c1-35(44-4)22-25(20-29(42-2)31(35)45-23-24-10-6-5-7-11-24)21-30(32(39)43-3)46-34(41)37-17-15-27(16-18-37)38-19-14-26-12-8-9-13-28(26)36-33(38)40/h5-13,20,22,27,30-31H,14-19,21,23H2,1-4H3,(H,36,40)/t30-,31?,35?/m1/s1. The predicted molar refractivity (Wildman–Crippen MR) is 171 cm³/mol. The second-order valence-corrected chi connectivity index (χ2v) is 11.9. The molecule has 0 spiro atoms. The lowest BCUT2D eigenvalue weighted by Crippen LogP contribution is -2.50. The molecule has 0 radical (unpaired) electrons. The summed E-state index contributed by atoms with van der Waals surface area (Å²) in [6.07, 6.45) is 3.33. The lowest BCUT2D eigenvalue weighted by Gasteiger charge is -2.38. The van der Waals surface area contributed by atoms with Gasteiger partial charge in [-0.15, -0.1) is 0 Å². The molecular weight excluding hydrogens is 590 g/mol. The van der Waals surface area contributed by atoms with E-state index in [0.717, 1.165) is 23.2 Å². The quantitative estimate of drug-likeness (QED) is 0.361. The number of esters is 1. The van der Waals surface area contributed by atoms with Crippen molar-refractivity contribution in [3.05, 3.63) is 89.2 Å². The highest BCUT2D eigenvalue weighted by molar-refractivity contribution is 5.91. The molecule has 3 atom stereocenters. The molecule has 246 valence electrons. The number of nitrogens with zero attached hydrogens (tertiary/aromatic N) is 2. The number of hydrogen-bond acceptors (Lipinski definition) is 8. The van der Waals surface area contributed by atoms with Crippen LogP contribution in [0.3, 0.4) is 0 Å². The lowest BCUT2D eigenvalue weighted by atomic mass is 9.86. The average Bonchev–Trinajstić information content (AvgIpc) is 3.25. The van der Waals surface area contributed by atoms with Gasteiger partial charge in [-0.3, -0.25) is 0 Å². The maximum absolute atomic E-state index is 13.3. The Balaban J connectivity index is 1.20. The Morgan fingerprint density at radius 3 is 2.41 bits per heavy atom. The minimum absolute atomic E-state index is 0.0106. The minimum atomic E-state index is -1.19. The number of anilines is 1. The molecule has 0 aromatic heterocycles. The zero-order valence-corrected chi connectivity index (χ0v) is 26.9. The molecular formula is C35H43N3O8. The highest BCUT2D eigenvalue weighted by Crippen LogP contribution is 2.35. The Hall–Kier alpha value is -4.35. The summed E-state index contributed by atoms with van der Waals surface area (Å²) in [4.78, 5) is 42.6. The van der Waals surface area contributed by atoms with Crippen LogP contribution in [0, 0.1) is 0 Å². The maximum Gasteiger partial charge on any atom is 0.410 e. The molecule has 5 rings (SSSR count). The topological polar surface area (TPSA) is 116 Å². The number of amides is 3. The van der Waals surface area contributed by atoms with Crippen LogP contribution < -0.4 is 5.32 Å². The third-order valence-electron chi connectivity index (χ3n) is 8.95. The number of likely N-dealkylation sites (tertiary alicyclic amines) is 1. The summed E-state index contributed by atoms with van der Waals surface area (Å²) in [6, 6.07) is 17.5. The van der Waals surface area contributed by atoms with Crippen molar-refractivity contribution in [3.8, 4) is 0 Å². The van der Waals surface area contributed by atoms with Crippen molar-refractivity contribution in [2.24, 2.45) is 0 Å². The first-order valence-corrected chi connectivity index (χ1v) is 15.6. The number of methoxy groups -OCH3 is 3. The monoisotopic (exact) mass is 633 g/mol. The van der Waals surface area contributed by atoms with Crippen LogP contribution in [0.25, 0.3) is 0 Å². The highest BCUT2D eigenvalue weighted by atomic mass is 16.6. The Morgan fingerprint density at radius 1 is 1.00 bits per heavy atom. The van der Waals surface area contributed by atoms with Gasteiger partial charge < -0.3 is 38.8 Å². The largest absolute Gasteiger partial charge is 0.498 e. The van der Waals surface area contributed by atoms with Crippen LogP contribution >= 0.6 is 0 Å². The highest BCUT2D eigenvalue weighted by Gasteiger charge is 2.41. The van der Waals surface area contributed by atoms with Crippen LogP contribution in [-0.4, -0.2) is 92.7 Å². The molecule has 0 saturated carbocycles. The van der Waals surface area contributed by atoms with Gasteiger partial charge in [-0.1, -0.05) is 48.5 Å². The van der Waals surface area contributed by atoms with E-state index in [9.17, 15) is 14.4 Å². The molecule has 11 heteroatoms. The van der Waals surface area contributed by atoms with Crippen LogP contribution in [0.15, 0.2) is 78.1 Å². The molecule has 2 aromatic carbocycles. The fraction of sp³-hybridized carbons (Fsp3) is 0.457. The number of piperidine rings is 1. The molecule has 2 aliphatic heterocycles. The van der Waals surface area contributed by atoms with Crippen LogP contribution in [0.4, 0.5) is 15.3 Å².